The summed E-state index contributed by atoms with van der Waals surface area (Å²) in [5.41, 5.74) is 3.96. The van der Waals surface area contributed by atoms with Gasteiger partial charge in [0.05, 0.1) is 11.0 Å². The fraction of sp³-hybridized carbons (Fsp3) is 0.417. The third kappa shape index (κ3) is 3.62. The molecule has 5 rings (SSSR count). The average molecular weight is 405 g/mol. The van der Waals surface area contributed by atoms with Gasteiger partial charge in [-0.05, 0) is 44.0 Å². The SMILES string of the molecule is CC(C)(C)OC(=O)N1C[C@@H]2CN(c3nc4cc(-c5ccccc5)ccc4[nH]3)C[C@@H]2C1. The number of ether oxygens (including phenoxy) is 1. The molecule has 2 fully saturated rings. The van der Waals surface area contributed by atoms with Gasteiger partial charge in [-0.3, -0.25) is 0 Å². The van der Waals surface area contributed by atoms with Gasteiger partial charge in [-0.1, -0.05) is 36.4 Å². The van der Waals surface area contributed by atoms with E-state index in [1.807, 2.05) is 31.7 Å². The van der Waals surface area contributed by atoms with Crippen molar-refractivity contribution in [2.75, 3.05) is 31.1 Å². The van der Waals surface area contributed by atoms with E-state index in [9.17, 15) is 4.79 Å². The van der Waals surface area contributed by atoms with Crippen LogP contribution in [-0.2, 0) is 4.74 Å². The Hall–Kier alpha value is -3.02. The highest BCUT2D eigenvalue weighted by atomic mass is 16.6. The summed E-state index contributed by atoms with van der Waals surface area (Å²) in [6.45, 7) is 9.07. The number of imidazole rings is 1. The number of carbonyl (C=O) groups is 1. The summed E-state index contributed by atoms with van der Waals surface area (Å²) in [6.07, 6.45) is -0.194. The lowest BCUT2D eigenvalue weighted by Crippen LogP contribution is -2.37. The smallest absolute Gasteiger partial charge is 0.410 e. The van der Waals surface area contributed by atoms with Gasteiger partial charge in [-0.2, -0.15) is 0 Å². The number of aromatic amines is 1. The highest BCUT2D eigenvalue weighted by Gasteiger charge is 2.43. The summed E-state index contributed by atoms with van der Waals surface area (Å²) in [6, 6.07) is 16.8. The number of rotatable bonds is 2. The lowest BCUT2D eigenvalue weighted by molar-refractivity contribution is 0.0282. The van der Waals surface area contributed by atoms with Crippen molar-refractivity contribution < 1.29 is 9.53 Å². The molecule has 0 bridgehead atoms. The molecule has 2 aromatic carbocycles. The molecule has 30 heavy (non-hydrogen) atoms. The molecule has 1 amide bonds. The Morgan fingerprint density at radius 1 is 1.00 bits per heavy atom. The lowest BCUT2D eigenvalue weighted by Gasteiger charge is -2.26. The zero-order chi connectivity index (χ0) is 20.9. The second-order valence-electron chi connectivity index (χ2n) is 9.47. The number of H-pyrrole nitrogens is 1. The number of amides is 1. The second-order valence-corrected chi connectivity index (χ2v) is 9.47. The summed E-state index contributed by atoms with van der Waals surface area (Å²) < 4.78 is 5.54. The summed E-state index contributed by atoms with van der Waals surface area (Å²) in [5, 5.41) is 0. The minimum absolute atomic E-state index is 0.194. The van der Waals surface area contributed by atoms with Crippen LogP contribution in [0.25, 0.3) is 22.2 Å². The van der Waals surface area contributed by atoms with Crippen LogP contribution >= 0.6 is 0 Å². The molecule has 0 saturated carbocycles. The largest absolute Gasteiger partial charge is 0.444 e. The van der Waals surface area contributed by atoms with Gasteiger partial charge >= 0.3 is 6.09 Å². The normalized spacial score (nSPS) is 21.3. The predicted octanol–water partition coefficient (Wildman–Crippen LogP) is 4.53. The van der Waals surface area contributed by atoms with Crippen LogP contribution in [0.2, 0.25) is 0 Å². The van der Waals surface area contributed by atoms with Gasteiger partial charge in [0, 0.05) is 38.0 Å². The Kier molecular flexibility index (Phi) is 4.45. The minimum atomic E-state index is -0.451. The molecule has 6 nitrogen and oxygen atoms in total. The van der Waals surface area contributed by atoms with Crippen LogP contribution in [0.15, 0.2) is 48.5 Å². The van der Waals surface area contributed by atoms with Crippen molar-refractivity contribution in [1.82, 2.24) is 14.9 Å². The first-order chi connectivity index (χ1) is 14.4. The van der Waals surface area contributed by atoms with E-state index in [0.29, 0.717) is 11.8 Å². The molecular weight excluding hydrogens is 376 g/mol. The summed E-state index contributed by atoms with van der Waals surface area (Å²) >= 11 is 0. The van der Waals surface area contributed by atoms with Crippen molar-refractivity contribution in [1.29, 1.82) is 0 Å². The van der Waals surface area contributed by atoms with Crippen LogP contribution in [0.4, 0.5) is 10.7 Å². The number of likely N-dealkylation sites (tertiary alicyclic amines) is 1. The van der Waals surface area contributed by atoms with Gasteiger partial charge in [0.1, 0.15) is 5.60 Å². The number of hydrogen-bond donors (Lipinski definition) is 1. The molecule has 3 heterocycles. The van der Waals surface area contributed by atoms with Gasteiger partial charge < -0.3 is 19.5 Å². The Morgan fingerprint density at radius 3 is 2.37 bits per heavy atom. The highest BCUT2D eigenvalue weighted by molar-refractivity contribution is 5.83. The number of nitrogens with zero attached hydrogens (tertiary/aromatic N) is 3. The third-order valence-corrected chi connectivity index (χ3v) is 6.02. The zero-order valence-electron chi connectivity index (χ0n) is 17.8. The topological polar surface area (TPSA) is 61.5 Å². The van der Waals surface area contributed by atoms with E-state index in [2.05, 4.69) is 52.3 Å². The molecule has 0 spiro atoms. The molecule has 156 valence electrons. The molecule has 0 aliphatic carbocycles. The van der Waals surface area contributed by atoms with Crippen molar-refractivity contribution >= 4 is 23.1 Å². The summed E-state index contributed by atoms with van der Waals surface area (Å²) in [4.78, 5) is 24.9. The van der Waals surface area contributed by atoms with E-state index in [1.165, 1.54) is 11.1 Å². The molecule has 1 N–H and O–H groups in total. The van der Waals surface area contributed by atoms with E-state index in [4.69, 9.17) is 9.72 Å². The minimum Gasteiger partial charge on any atom is -0.444 e. The molecule has 2 saturated heterocycles. The zero-order valence-corrected chi connectivity index (χ0v) is 17.8. The number of aromatic nitrogens is 2. The van der Waals surface area contributed by atoms with Gasteiger partial charge in [-0.15, -0.1) is 0 Å². The van der Waals surface area contributed by atoms with Gasteiger partial charge in [-0.25, -0.2) is 9.78 Å². The molecule has 2 atom stereocenters. The number of fused-ring (bicyclic) bond motifs is 2. The van der Waals surface area contributed by atoms with Crippen LogP contribution in [0.1, 0.15) is 20.8 Å². The predicted molar refractivity (Wildman–Crippen MR) is 119 cm³/mol. The first-order valence-electron chi connectivity index (χ1n) is 10.6. The van der Waals surface area contributed by atoms with Crippen molar-refractivity contribution in [3.8, 4) is 11.1 Å². The maximum atomic E-state index is 12.4. The van der Waals surface area contributed by atoms with E-state index in [1.54, 1.807) is 0 Å². The number of carbonyl (C=O) groups excluding carboxylic acids is 1. The molecule has 0 unspecified atom stereocenters. The molecule has 2 aliphatic rings. The van der Waals surface area contributed by atoms with E-state index < -0.39 is 5.60 Å². The Balaban J connectivity index is 1.29. The standard InChI is InChI=1S/C24H28N4O2/c1-24(2,3)30-23(29)28-14-18-12-27(13-19(18)15-28)22-25-20-10-9-17(11-21(20)26-22)16-7-5-4-6-8-16/h4-11,18-19H,12-15H2,1-3H3,(H,25,26)/t18-,19+. The summed E-state index contributed by atoms with van der Waals surface area (Å²) in [7, 11) is 0. The first-order valence-corrected chi connectivity index (χ1v) is 10.6. The fourth-order valence-electron chi connectivity index (χ4n) is 4.59. The quantitative estimate of drug-likeness (QED) is 0.682. The Labute approximate surface area is 176 Å². The van der Waals surface area contributed by atoms with Crippen LogP contribution in [0, 0.1) is 11.8 Å². The van der Waals surface area contributed by atoms with Gasteiger partial charge in [0.25, 0.3) is 0 Å². The van der Waals surface area contributed by atoms with Crippen molar-refractivity contribution in [2.45, 2.75) is 26.4 Å². The van der Waals surface area contributed by atoms with Crippen LogP contribution in [0.3, 0.4) is 0 Å². The maximum Gasteiger partial charge on any atom is 0.410 e. The molecular formula is C24H28N4O2. The lowest BCUT2D eigenvalue weighted by atomic mass is 10.0. The Bertz CT molecular complexity index is 1060. The second kappa shape index (κ2) is 7.04. The van der Waals surface area contributed by atoms with E-state index >= 15 is 0 Å². The third-order valence-electron chi connectivity index (χ3n) is 6.02. The number of nitrogens with one attached hydrogen (secondary N) is 1. The monoisotopic (exact) mass is 404 g/mol. The molecule has 0 radical (unpaired) electrons. The Morgan fingerprint density at radius 2 is 1.70 bits per heavy atom. The molecule has 3 aromatic rings. The van der Waals surface area contributed by atoms with Crippen molar-refractivity contribution in [3.05, 3.63) is 48.5 Å². The molecule has 1 aromatic heterocycles. The molecule has 6 heteroatoms. The van der Waals surface area contributed by atoms with Gasteiger partial charge in [0.15, 0.2) is 0 Å². The number of anilines is 1. The average Bonchev–Trinajstić information content (AvgIpc) is 3.39. The number of hydrogen-bond acceptors (Lipinski definition) is 4. The van der Waals surface area contributed by atoms with Gasteiger partial charge in [0.2, 0.25) is 5.95 Å². The summed E-state index contributed by atoms with van der Waals surface area (Å²) in [5.74, 6) is 1.85. The number of benzene rings is 2. The highest BCUT2D eigenvalue weighted by Crippen LogP contribution is 2.34. The van der Waals surface area contributed by atoms with Crippen LogP contribution < -0.4 is 4.90 Å². The van der Waals surface area contributed by atoms with Crippen molar-refractivity contribution in [3.63, 3.8) is 0 Å². The van der Waals surface area contributed by atoms with Crippen molar-refractivity contribution in [2.24, 2.45) is 11.8 Å². The maximum absolute atomic E-state index is 12.4. The van der Waals surface area contributed by atoms with Crippen LogP contribution in [0.5, 0.6) is 0 Å². The molecule has 2 aliphatic heterocycles. The van der Waals surface area contributed by atoms with Crippen LogP contribution in [-0.4, -0.2) is 52.7 Å². The first kappa shape index (κ1) is 19.0. The van der Waals surface area contributed by atoms with E-state index in [-0.39, 0.29) is 6.09 Å². The fourth-order valence-corrected chi connectivity index (χ4v) is 4.59. The van der Waals surface area contributed by atoms with E-state index in [0.717, 1.165) is 43.2 Å².